The molecule has 1 rings (SSSR count). The van der Waals surface area contributed by atoms with Crippen molar-refractivity contribution in [1.29, 1.82) is 0 Å². The lowest BCUT2D eigenvalue weighted by Crippen LogP contribution is -2.29. The van der Waals surface area contributed by atoms with Crippen molar-refractivity contribution in [3.63, 3.8) is 0 Å². The van der Waals surface area contributed by atoms with Gasteiger partial charge >= 0.3 is 5.97 Å². The molecule has 9 heteroatoms. The van der Waals surface area contributed by atoms with Gasteiger partial charge in [0.2, 0.25) is 0 Å². The normalized spacial score (nSPS) is 12.2. The molecule has 0 radical (unpaired) electrons. The van der Waals surface area contributed by atoms with Crippen molar-refractivity contribution in [3.8, 4) is 0 Å². The van der Waals surface area contributed by atoms with Gasteiger partial charge < -0.3 is 14.6 Å². The first-order valence-corrected chi connectivity index (χ1v) is 7.91. The standard InChI is InChI=1S/C10H10BrCl2NO4S/c11-6-3-7(10(15)16)9(13)8(4-6)14(2-1-12)5-19(17)18/h3-4H,1-2,5H2,(H,15,16)(H,17,18)/p-1. The predicted octanol–water partition coefficient (Wildman–Crippen LogP) is 2.68. The van der Waals surface area contributed by atoms with Gasteiger partial charge in [-0.3, -0.25) is 4.21 Å². The smallest absolute Gasteiger partial charge is 0.337 e. The van der Waals surface area contributed by atoms with Gasteiger partial charge in [-0.25, -0.2) is 4.79 Å². The Kier molecular flexibility index (Phi) is 6.55. The fraction of sp³-hybridized carbons (Fsp3) is 0.300. The first kappa shape index (κ1) is 16.7. The van der Waals surface area contributed by atoms with Gasteiger partial charge in [0, 0.05) is 16.9 Å². The van der Waals surface area contributed by atoms with Crippen LogP contribution in [0, 0.1) is 0 Å². The largest absolute Gasteiger partial charge is 0.771 e. The first-order chi connectivity index (χ1) is 8.86. The highest BCUT2D eigenvalue weighted by molar-refractivity contribution is 9.10. The highest BCUT2D eigenvalue weighted by Gasteiger charge is 2.18. The zero-order valence-corrected chi connectivity index (χ0v) is 13.4. The summed E-state index contributed by atoms with van der Waals surface area (Å²) in [5, 5.41) is 9.01. The maximum atomic E-state index is 11.1. The summed E-state index contributed by atoms with van der Waals surface area (Å²) in [5.41, 5.74) is 0.195. The summed E-state index contributed by atoms with van der Waals surface area (Å²) in [6.45, 7) is 0.227. The van der Waals surface area contributed by atoms with Gasteiger partial charge in [0.25, 0.3) is 0 Å². The van der Waals surface area contributed by atoms with Gasteiger partial charge in [-0.05, 0) is 23.2 Å². The van der Waals surface area contributed by atoms with Crippen molar-refractivity contribution in [2.45, 2.75) is 0 Å². The molecule has 1 unspecified atom stereocenters. The molecule has 1 atom stereocenters. The third kappa shape index (κ3) is 4.61. The Balaban J connectivity index is 3.29. The summed E-state index contributed by atoms with van der Waals surface area (Å²) in [7, 11) is 0. The van der Waals surface area contributed by atoms with E-state index >= 15 is 0 Å². The molecule has 0 amide bonds. The molecule has 0 aliphatic rings. The lowest BCUT2D eigenvalue weighted by Gasteiger charge is -2.26. The van der Waals surface area contributed by atoms with Crippen molar-refractivity contribution < 1.29 is 18.7 Å². The Hall–Kier alpha value is -0.340. The summed E-state index contributed by atoms with van der Waals surface area (Å²) in [6.07, 6.45) is 0. The third-order valence-electron chi connectivity index (χ3n) is 2.20. The molecule has 19 heavy (non-hydrogen) atoms. The van der Waals surface area contributed by atoms with E-state index in [0.29, 0.717) is 10.2 Å². The van der Waals surface area contributed by atoms with Crippen LogP contribution in [0.5, 0.6) is 0 Å². The number of carboxylic acid groups (broad SMARTS) is 1. The molecule has 1 aromatic carbocycles. The molecule has 0 saturated heterocycles. The van der Waals surface area contributed by atoms with Gasteiger partial charge in [0.05, 0.1) is 22.2 Å². The lowest BCUT2D eigenvalue weighted by atomic mass is 10.2. The predicted molar refractivity (Wildman–Crippen MR) is 78.0 cm³/mol. The monoisotopic (exact) mass is 388 g/mol. The molecular weight excluding hydrogens is 381 g/mol. The average Bonchev–Trinajstić information content (AvgIpc) is 2.30. The van der Waals surface area contributed by atoms with Crippen LogP contribution in [0.25, 0.3) is 0 Å². The Morgan fingerprint density at radius 1 is 1.53 bits per heavy atom. The first-order valence-electron chi connectivity index (χ1n) is 4.96. The molecule has 0 saturated carbocycles. The molecule has 0 aliphatic carbocycles. The number of nitrogens with zero attached hydrogens (tertiary/aromatic N) is 1. The number of alkyl halides is 1. The minimum absolute atomic E-state index is 0.0220. The number of carboxylic acids is 1. The molecule has 0 aliphatic heterocycles. The van der Waals surface area contributed by atoms with Crippen LogP contribution in [0.4, 0.5) is 5.69 Å². The van der Waals surface area contributed by atoms with Crippen LogP contribution in [-0.2, 0) is 11.1 Å². The van der Waals surface area contributed by atoms with Crippen molar-refractivity contribution in [2.24, 2.45) is 0 Å². The Morgan fingerprint density at radius 3 is 2.63 bits per heavy atom. The zero-order valence-electron chi connectivity index (χ0n) is 9.44. The second-order valence-electron chi connectivity index (χ2n) is 3.48. The highest BCUT2D eigenvalue weighted by atomic mass is 79.9. The third-order valence-corrected chi connectivity index (χ3v) is 3.75. The summed E-state index contributed by atoms with van der Waals surface area (Å²) in [5.74, 6) is -1.33. The minimum Gasteiger partial charge on any atom is -0.771 e. The number of hydrogen-bond acceptors (Lipinski definition) is 4. The van der Waals surface area contributed by atoms with Gasteiger partial charge in [0.15, 0.2) is 0 Å². The van der Waals surface area contributed by atoms with Gasteiger partial charge in [0.1, 0.15) is 0 Å². The summed E-state index contributed by atoms with van der Waals surface area (Å²) in [4.78, 5) is 12.5. The summed E-state index contributed by atoms with van der Waals surface area (Å²) in [6, 6.07) is 2.90. The van der Waals surface area contributed by atoms with Gasteiger partial charge in [-0.2, -0.15) is 0 Å². The second-order valence-corrected chi connectivity index (χ2v) is 6.01. The van der Waals surface area contributed by atoms with Crippen molar-refractivity contribution in [1.82, 2.24) is 0 Å². The quantitative estimate of drug-likeness (QED) is 0.597. The number of carbonyl (C=O) groups is 1. The van der Waals surface area contributed by atoms with E-state index in [1.54, 1.807) is 6.07 Å². The fourth-order valence-electron chi connectivity index (χ4n) is 1.44. The number of rotatable bonds is 6. The molecule has 1 N–H and O–H groups in total. The fourth-order valence-corrected chi connectivity index (χ4v) is 2.93. The molecule has 1 aromatic rings. The van der Waals surface area contributed by atoms with Crippen molar-refractivity contribution in [3.05, 3.63) is 27.2 Å². The van der Waals surface area contributed by atoms with Crippen molar-refractivity contribution in [2.75, 3.05) is 23.2 Å². The molecule has 0 bridgehead atoms. The lowest BCUT2D eigenvalue weighted by molar-refractivity contribution is 0.0697. The molecule has 0 heterocycles. The summed E-state index contributed by atoms with van der Waals surface area (Å²) >= 11 is 12.4. The molecule has 5 nitrogen and oxygen atoms in total. The van der Waals surface area contributed by atoms with Crippen molar-refractivity contribution >= 4 is 61.9 Å². The Labute approximate surface area is 130 Å². The van der Waals surface area contributed by atoms with Gasteiger partial charge in [-0.15, -0.1) is 11.6 Å². The van der Waals surface area contributed by atoms with Crippen LogP contribution in [0.15, 0.2) is 16.6 Å². The highest BCUT2D eigenvalue weighted by Crippen LogP contribution is 2.33. The molecule has 106 valence electrons. The van der Waals surface area contributed by atoms with Crippen LogP contribution in [0.1, 0.15) is 10.4 Å². The SMILES string of the molecule is O=C(O)c1cc(Br)cc(N(CCCl)CS(=O)[O-])c1Cl. The van der Waals surface area contributed by atoms with E-state index in [-0.39, 0.29) is 28.9 Å². The number of halogens is 3. The minimum atomic E-state index is -2.33. The maximum absolute atomic E-state index is 11.1. The topological polar surface area (TPSA) is 80.7 Å². The number of hydrogen-bond donors (Lipinski definition) is 1. The van der Waals surface area contributed by atoms with E-state index < -0.39 is 17.0 Å². The van der Waals surface area contributed by atoms with Crippen LogP contribution in [0.2, 0.25) is 5.02 Å². The van der Waals surface area contributed by atoms with E-state index in [2.05, 4.69) is 15.9 Å². The average molecular weight is 390 g/mol. The van der Waals surface area contributed by atoms with Crippen LogP contribution in [-0.4, -0.2) is 38.1 Å². The molecule has 0 spiro atoms. The van der Waals surface area contributed by atoms with E-state index in [1.807, 2.05) is 0 Å². The second kappa shape index (κ2) is 7.44. The van der Waals surface area contributed by atoms with Crippen LogP contribution >= 0.6 is 39.1 Å². The maximum Gasteiger partial charge on any atom is 0.337 e. The molecular formula is C10H9BrCl2NO4S-. The Morgan fingerprint density at radius 2 is 2.16 bits per heavy atom. The Bertz CT molecular complexity index is 515. The molecule has 0 fully saturated rings. The number of benzene rings is 1. The molecule has 0 aromatic heterocycles. The van der Waals surface area contributed by atoms with Gasteiger partial charge in [-0.1, -0.05) is 27.5 Å². The van der Waals surface area contributed by atoms with E-state index in [0.717, 1.165) is 0 Å². The van der Waals surface area contributed by atoms with E-state index in [4.69, 9.17) is 28.3 Å². The zero-order chi connectivity index (χ0) is 14.6. The van der Waals surface area contributed by atoms with Crippen LogP contribution < -0.4 is 4.90 Å². The van der Waals surface area contributed by atoms with E-state index in [9.17, 15) is 13.6 Å². The van der Waals surface area contributed by atoms with Crippen LogP contribution in [0.3, 0.4) is 0 Å². The number of anilines is 1. The summed E-state index contributed by atoms with van der Waals surface area (Å²) < 4.78 is 22.1. The van der Waals surface area contributed by atoms with E-state index in [1.165, 1.54) is 11.0 Å². The number of aromatic carboxylic acids is 1.